The molecule has 1 aliphatic rings. The number of anilines is 1. The first kappa shape index (κ1) is 11.6. The maximum absolute atomic E-state index is 12.0. The van der Waals surface area contributed by atoms with Gasteiger partial charge < -0.3 is 15.0 Å². The van der Waals surface area contributed by atoms with Gasteiger partial charge in [-0.25, -0.2) is 0 Å². The van der Waals surface area contributed by atoms with Crippen molar-refractivity contribution in [3.63, 3.8) is 0 Å². The third-order valence-electron chi connectivity index (χ3n) is 3.16. The number of rotatable bonds is 2. The number of carbonyl (C=O) groups is 1. The molecule has 0 atom stereocenters. The molecule has 1 aliphatic heterocycles. The van der Waals surface area contributed by atoms with Gasteiger partial charge in [-0.3, -0.25) is 4.79 Å². The van der Waals surface area contributed by atoms with Gasteiger partial charge in [-0.2, -0.15) is 0 Å². The number of aromatic amines is 1. The second-order valence-corrected chi connectivity index (χ2v) is 4.56. The van der Waals surface area contributed by atoms with Gasteiger partial charge >= 0.3 is 0 Å². The zero-order valence-corrected chi connectivity index (χ0v) is 10.8. The van der Waals surface area contributed by atoms with Gasteiger partial charge in [0.2, 0.25) is 0 Å². The minimum Gasteiger partial charge on any atom is -0.497 e. The summed E-state index contributed by atoms with van der Waals surface area (Å²) in [5.41, 5.74) is 4.42. The average molecular weight is 254 g/mol. The summed E-state index contributed by atoms with van der Waals surface area (Å²) in [4.78, 5) is 15.1. The van der Waals surface area contributed by atoms with E-state index in [0.29, 0.717) is 5.57 Å². The second kappa shape index (κ2) is 4.31. The Balaban J connectivity index is 2.05. The van der Waals surface area contributed by atoms with Crippen LogP contribution < -0.4 is 10.1 Å². The maximum Gasteiger partial charge on any atom is 0.256 e. The Hall–Kier alpha value is -2.49. The average Bonchev–Trinajstić information content (AvgIpc) is 2.94. The van der Waals surface area contributed by atoms with Gasteiger partial charge in [0.25, 0.3) is 5.91 Å². The lowest BCUT2D eigenvalue weighted by Gasteiger charge is -2.02. The van der Waals surface area contributed by atoms with E-state index in [1.54, 1.807) is 7.11 Å². The lowest BCUT2D eigenvalue weighted by atomic mass is 10.1. The monoisotopic (exact) mass is 254 g/mol. The van der Waals surface area contributed by atoms with E-state index in [1.165, 1.54) is 0 Å². The highest BCUT2D eigenvalue weighted by molar-refractivity contribution is 6.34. The number of H-pyrrole nitrogens is 1. The minimum atomic E-state index is -0.0875. The van der Waals surface area contributed by atoms with Crippen LogP contribution in [0.3, 0.4) is 0 Å². The largest absolute Gasteiger partial charge is 0.497 e. The number of hydrogen-bond donors (Lipinski definition) is 2. The quantitative estimate of drug-likeness (QED) is 0.810. The van der Waals surface area contributed by atoms with Gasteiger partial charge in [-0.1, -0.05) is 0 Å². The molecule has 4 heteroatoms. The lowest BCUT2D eigenvalue weighted by Crippen LogP contribution is -2.03. The normalized spacial score (nSPS) is 15.5. The molecule has 0 radical (unpaired) electrons. The van der Waals surface area contributed by atoms with Crippen molar-refractivity contribution in [2.24, 2.45) is 0 Å². The first-order chi connectivity index (χ1) is 9.17. The summed E-state index contributed by atoms with van der Waals surface area (Å²) in [5, 5.41) is 2.85. The second-order valence-electron chi connectivity index (χ2n) is 4.56. The molecule has 3 rings (SSSR count). The zero-order valence-electron chi connectivity index (χ0n) is 10.8. The Morgan fingerprint density at radius 1 is 1.26 bits per heavy atom. The van der Waals surface area contributed by atoms with Crippen molar-refractivity contribution >= 4 is 23.2 Å². The maximum atomic E-state index is 12.0. The Bertz CT molecular complexity index is 683. The number of hydrogen-bond acceptors (Lipinski definition) is 2. The van der Waals surface area contributed by atoms with Gasteiger partial charge in [0.05, 0.1) is 18.4 Å². The summed E-state index contributed by atoms with van der Waals surface area (Å²) in [6, 6.07) is 7.58. The molecule has 2 heterocycles. The molecule has 19 heavy (non-hydrogen) atoms. The summed E-state index contributed by atoms with van der Waals surface area (Å²) in [6.45, 7) is 2.01. The van der Waals surface area contributed by atoms with Crippen LogP contribution in [-0.4, -0.2) is 18.0 Å². The Kier molecular flexibility index (Phi) is 2.63. The van der Waals surface area contributed by atoms with E-state index in [4.69, 9.17) is 4.74 Å². The van der Waals surface area contributed by atoms with Crippen molar-refractivity contribution in [2.75, 3.05) is 12.4 Å². The van der Waals surface area contributed by atoms with E-state index < -0.39 is 0 Å². The topological polar surface area (TPSA) is 54.1 Å². The molecule has 2 N–H and O–H groups in total. The zero-order chi connectivity index (χ0) is 13.4. The van der Waals surface area contributed by atoms with Crippen LogP contribution in [0.1, 0.15) is 16.8 Å². The minimum absolute atomic E-state index is 0.0875. The third-order valence-corrected chi connectivity index (χ3v) is 3.16. The van der Waals surface area contributed by atoms with Crippen LogP contribution in [0.15, 0.2) is 30.5 Å². The van der Waals surface area contributed by atoms with Crippen molar-refractivity contribution in [3.05, 3.63) is 47.3 Å². The molecule has 0 fully saturated rings. The Morgan fingerprint density at radius 3 is 2.79 bits per heavy atom. The summed E-state index contributed by atoms with van der Waals surface area (Å²) in [7, 11) is 1.61. The van der Waals surface area contributed by atoms with E-state index in [2.05, 4.69) is 10.3 Å². The fraction of sp³-hybridized carbons (Fsp3) is 0.133. The van der Waals surface area contributed by atoms with Gasteiger partial charge in [0.1, 0.15) is 5.75 Å². The fourth-order valence-electron chi connectivity index (χ4n) is 2.21. The third kappa shape index (κ3) is 2.01. The number of benzene rings is 1. The van der Waals surface area contributed by atoms with Gasteiger partial charge in [-0.05, 0) is 36.8 Å². The standard InChI is InChI=1S/C15H14N2O2/c1-9-5-10(16-8-9)6-13-12-4-3-11(19-2)7-14(12)17-15(13)18/h3-8,16H,1-2H3,(H,17,18). The molecule has 1 aromatic heterocycles. The van der Waals surface area contributed by atoms with Gasteiger partial charge in [0, 0.05) is 23.5 Å². The molecule has 96 valence electrons. The number of ether oxygens (including phenoxy) is 1. The van der Waals surface area contributed by atoms with Crippen LogP contribution in [-0.2, 0) is 4.79 Å². The highest BCUT2D eigenvalue weighted by Gasteiger charge is 2.24. The summed E-state index contributed by atoms with van der Waals surface area (Å²) in [6.07, 6.45) is 3.77. The number of methoxy groups -OCH3 is 1. The van der Waals surface area contributed by atoms with Crippen molar-refractivity contribution in [1.29, 1.82) is 0 Å². The number of aromatic nitrogens is 1. The summed E-state index contributed by atoms with van der Waals surface area (Å²) in [5.74, 6) is 0.645. The van der Waals surface area contributed by atoms with E-state index in [9.17, 15) is 4.79 Å². The van der Waals surface area contributed by atoms with E-state index in [1.807, 2.05) is 43.5 Å². The first-order valence-electron chi connectivity index (χ1n) is 6.04. The molecule has 1 aromatic carbocycles. The molecular formula is C15H14N2O2. The van der Waals surface area contributed by atoms with Crippen LogP contribution in [0.25, 0.3) is 11.6 Å². The summed E-state index contributed by atoms with van der Waals surface area (Å²) >= 11 is 0. The highest BCUT2D eigenvalue weighted by Crippen LogP contribution is 2.35. The molecule has 4 nitrogen and oxygen atoms in total. The van der Waals surface area contributed by atoms with Crippen LogP contribution >= 0.6 is 0 Å². The fourth-order valence-corrected chi connectivity index (χ4v) is 2.21. The SMILES string of the molecule is COc1ccc2c(c1)NC(=O)C2=Cc1cc(C)c[nH]1. The van der Waals surface area contributed by atoms with Crippen molar-refractivity contribution in [3.8, 4) is 5.75 Å². The number of carbonyl (C=O) groups excluding carboxylic acids is 1. The first-order valence-corrected chi connectivity index (χ1v) is 6.04. The molecule has 0 unspecified atom stereocenters. The lowest BCUT2D eigenvalue weighted by molar-refractivity contribution is -0.110. The predicted octanol–water partition coefficient (Wildman–Crippen LogP) is 2.82. The van der Waals surface area contributed by atoms with Gasteiger partial charge in [0.15, 0.2) is 0 Å². The number of fused-ring (bicyclic) bond motifs is 1. The molecule has 0 saturated carbocycles. The molecular weight excluding hydrogens is 240 g/mol. The highest BCUT2D eigenvalue weighted by atomic mass is 16.5. The van der Waals surface area contributed by atoms with E-state index in [0.717, 1.165) is 28.3 Å². The Labute approximate surface area is 111 Å². The number of aryl methyl sites for hydroxylation is 1. The van der Waals surface area contributed by atoms with E-state index in [-0.39, 0.29) is 5.91 Å². The summed E-state index contributed by atoms with van der Waals surface area (Å²) < 4.78 is 5.15. The number of nitrogens with one attached hydrogen (secondary N) is 2. The number of amides is 1. The molecule has 0 aliphatic carbocycles. The van der Waals surface area contributed by atoms with Crippen LogP contribution in [0.5, 0.6) is 5.75 Å². The van der Waals surface area contributed by atoms with Crippen LogP contribution in [0.2, 0.25) is 0 Å². The van der Waals surface area contributed by atoms with Crippen molar-refractivity contribution < 1.29 is 9.53 Å². The molecule has 0 spiro atoms. The predicted molar refractivity (Wildman–Crippen MR) is 75.0 cm³/mol. The molecule has 0 saturated heterocycles. The van der Waals surface area contributed by atoms with E-state index >= 15 is 0 Å². The molecule has 0 bridgehead atoms. The van der Waals surface area contributed by atoms with Crippen LogP contribution in [0, 0.1) is 6.92 Å². The smallest absolute Gasteiger partial charge is 0.256 e. The van der Waals surface area contributed by atoms with Crippen LogP contribution in [0.4, 0.5) is 5.69 Å². The molecule has 2 aromatic rings. The Morgan fingerprint density at radius 2 is 2.11 bits per heavy atom. The van der Waals surface area contributed by atoms with Crippen molar-refractivity contribution in [1.82, 2.24) is 4.98 Å². The van der Waals surface area contributed by atoms with Crippen molar-refractivity contribution in [2.45, 2.75) is 6.92 Å². The van der Waals surface area contributed by atoms with Gasteiger partial charge in [-0.15, -0.1) is 0 Å². The molecule has 1 amide bonds.